The van der Waals surface area contributed by atoms with Crippen molar-refractivity contribution in [3.05, 3.63) is 35.9 Å². The summed E-state index contributed by atoms with van der Waals surface area (Å²) >= 11 is 0. The normalized spacial score (nSPS) is 25.4. The summed E-state index contributed by atoms with van der Waals surface area (Å²) in [5, 5.41) is 3.62. The molecule has 4 nitrogen and oxygen atoms in total. The van der Waals surface area contributed by atoms with Gasteiger partial charge in [-0.25, -0.2) is 0 Å². The zero-order valence-electron chi connectivity index (χ0n) is 15.5. The number of aliphatic imine (C=N–C) groups is 1. The molecule has 3 rings (SSSR count). The Morgan fingerprint density at radius 2 is 1.92 bits per heavy atom. The third-order valence-corrected chi connectivity index (χ3v) is 5.39. The van der Waals surface area contributed by atoms with E-state index in [0.717, 1.165) is 44.5 Å². The highest BCUT2D eigenvalue weighted by molar-refractivity contribution is 14.0. The van der Waals surface area contributed by atoms with Gasteiger partial charge in [-0.3, -0.25) is 4.99 Å². The number of ether oxygens (including phenoxy) is 1. The van der Waals surface area contributed by atoms with Crippen LogP contribution in [0.15, 0.2) is 35.3 Å². The average molecular weight is 457 g/mol. The quantitative estimate of drug-likeness (QED) is 0.422. The van der Waals surface area contributed by atoms with Crippen LogP contribution >= 0.6 is 24.0 Å². The Morgan fingerprint density at radius 1 is 1.20 bits per heavy atom. The molecule has 2 aliphatic heterocycles. The molecule has 2 fully saturated rings. The Labute approximate surface area is 169 Å². The summed E-state index contributed by atoms with van der Waals surface area (Å²) in [5.74, 6) is 2.40. The third kappa shape index (κ3) is 5.58. The minimum Gasteiger partial charge on any atom is -0.373 e. The molecule has 0 radical (unpaired) electrons. The second kappa shape index (κ2) is 10.4. The number of nitrogens with one attached hydrogen (secondary N) is 1. The van der Waals surface area contributed by atoms with E-state index in [1.165, 1.54) is 24.8 Å². The monoisotopic (exact) mass is 457 g/mol. The fourth-order valence-electron chi connectivity index (χ4n) is 3.84. The van der Waals surface area contributed by atoms with Crippen molar-refractivity contribution in [2.75, 3.05) is 33.3 Å². The maximum Gasteiger partial charge on any atom is 0.193 e. The van der Waals surface area contributed by atoms with Gasteiger partial charge >= 0.3 is 0 Å². The van der Waals surface area contributed by atoms with Crippen LogP contribution in [0.3, 0.4) is 0 Å². The number of nitrogens with zero attached hydrogens (tertiary/aromatic N) is 2. The van der Waals surface area contributed by atoms with Gasteiger partial charge in [-0.05, 0) is 37.2 Å². The predicted molar refractivity (Wildman–Crippen MR) is 115 cm³/mol. The number of piperidine rings is 1. The van der Waals surface area contributed by atoms with E-state index >= 15 is 0 Å². The zero-order valence-corrected chi connectivity index (χ0v) is 17.8. The van der Waals surface area contributed by atoms with Gasteiger partial charge in [-0.15, -0.1) is 24.0 Å². The lowest BCUT2D eigenvalue weighted by molar-refractivity contribution is -0.0267. The van der Waals surface area contributed by atoms with Crippen molar-refractivity contribution < 1.29 is 4.74 Å². The molecule has 1 N–H and O–H groups in total. The Kier molecular flexibility index (Phi) is 8.49. The van der Waals surface area contributed by atoms with Crippen LogP contribution in [-0.2, 0) is 4.74 Å². The molecule has 0 bridgehead atoms. The van der Waals surface area contributed by atoms with Crippen molar-refractivity contribution in [3.8, 4) is 0 Å². The maximum atomic E-state index is 6.11. The molecule has 0 aliphatic carbocycles. The molecule has 2 aliphatic rings. The third-order valence-electron chi connectivity index (χ3n) is 5.39. The van der Waals surface area contributed by atoms with Gasteiger partial charge < -0.3 is 15.0 Å². The Morgan fingerprint density at radius 3 is 2.60 bits per heavy atom. The molecular formula is C20H32IN3O. The second-order valence-electron chi connectivity index (χ2n) is 7.20. The standard InChI is InChI=1S/C20H31N3O.HI/c1-16-10-12-23(13-11-16)20(21-2)22-15-18-9-6-14-24-19(18)17-7-4-3-5-8-17;/h3-5,7-8,16,18-19H,6,9-15H2,1-2H3,(H,21,22);1H. The molecular weight excluding hydrogens is 425 g/mol. The van der Waals surface area contributed by atoms with Gasteiger partial charge in [0.15, 0.2) is 5.96 Å². The van der Waals surface area contributed by atoms with Crippen LogP contribution in [0.4, 0.5) is 0 Å². The minimum atomic E-state index is 0. The van der Waals surface area contributed by atoms with E-state index < -0.39 is 0 Å². The molecule has 0 saturated carbocycles. The molecule has 140 valence electrons. The van der Waals surface area contributed by atoms with E-state index in [1.807, 2.05) is 7.05 Å². The first-order chi connectivity index (χ1) is 11.8. The van der Waals surface area contributed by atoms with Gasteiger partial charge in [0.2, 0.25) is 0 Å². The van der Waals surface area contributed by atoms with E-state index in [1.54, 1.807) is 0 Å². The first-order valence-corrected chi connectivity index (χ1v) is 9.40. The number of hydrogen-bond acceptors (Lipinski definition) is 2. The summed E-state index contributed by atoms with van der Waals surface area (Å²) in [7, 11) is 1.90. The number of benzene rings is 1. The summed E-state index contributed by atoms with van der Waals surface area (Å²) < 4.78 is 6.11. The highest BCUT2D eigenvalue weighted by Gasteiger charge is 2.28. The molecule has 0 spiro atoms. The first-order valence-electron chi connectivity index (χ1n) is 9.40. The predicted octanol–water partition coefficient (Wildman–Crippen LogP) is 4.08. The molecule has 1 aromatic rings. The van der Waals surface area contributed by atoms with Gasteiger partial charge in [-0.2, -0.15) is 0 Å². The van der Waals surface area contributed by atoms with Gasteiger partial charge in [-0.1, -0.05) is 37.3 Å². The first kappa shape index (κ1) is 20.5. The van der Waals surface area contributed by atoms with Crippen molar-refractivity contribution in [3.63, 3.8) is 0 Å². The molecule has 1 aromatic carbocycles. The SMILES string of the molecule is CN=C(NCC1CCCOC1c1ccccc1)N1CCC(C)CC1.I. The van der Waals surface area contributed by atoms with Gasteiger partial charge in [0.25, 0.3) is 0 Å². The number of hydrogen-bond donors (Lipinski definition) is 1. The lowest BCUT2D eigenvalue weighted by atomic mass is 9.89. The summed E-state index contributed by atoms with van der Waals surface area (Å²) in [6.45, 7) is 6.37. The minimum absolute atomic E-state index is 0. The largest absolute Gasteiger partial charge is 0.373 e. The Hall–Kier alpha value is -0.820. The smallest absolute Gasteiger partial charge is 0.193 e. The van der Waals surface area contributed by atoms with Gasteiger partial charge in [0.1, 0.15) is 0 Å². The topological polar surface area (TPSA) is 36.9 Å². The van der Waals surface area contributed by atoms with Gasteiger partial charge in [0, 0.05) is 39.2 Å². The highest BCUT2D eigenvalue weighted by atomic mass is 127. The van der Waals surface area contributed by atoms with Crippen LogP contribution in [0, 0.1) is 11.8 Å². The Balaban J connectivity index is 0.00000225. The summed E-state index contributed by atoms with van der Waals surface area (Å²) in [5.41, 5.74) is 1.30. The van der Waals surface area contributed by atoms with Crippen LogP contribution in [0.5, 0.6) is 0 Å². The number of likely N-dealkylation sites (tertiary alicyclic amines) is 1. The van der Waals surface area contributed by atoms with Crippen molar-refractivity contribution in [2.45, 2.75) is 38.7 Å². The fraction of sp³-hybridized carbons (Fsp3) is 0.650. The molecule has 0 aromatic heterocycles. The van der Waals surface area contributed by atoms with E-state index in [0.29, 0.717) is 5.92 Å². The van der Waals surface area contributed by atoms with Crippen LogP contribution in [-0.4, -0.2) is 44.1 Å². The van der Waals surface area contributed by atoms with Gasteiger partial charge in [0.05, 0.1) is 6.10 Å². The van der Waals surface area contributed by atoms with Crippen molar-refractivity contribution in [1.29, 1.82) is 0 Å². The van der Waals surface area contributed by atoms with Crippen molar-refractivity contribution in [1.82, 2.24) is 10.2 Å². The molecule has 5 heteroatoms. The molecule has 0 amide bonds. The molecule has 2 saturated heterocycles. The second-order valence-corrected chi connectivity index (χ2v) is 7.20. The molecule has 2 heterocycles. The summed E-state index contributed by atoms with van der Waals surface area (Å²) in [6, 6.07) is 10.6. The van der Waals surface area contributed by atoms with Crippen molar-refractivity contribution in [2.24, 2.45) is 16.8 Å². The molecule has 2 atom stereocenters. The lowest BCUT2D eigenvalue weighted by Gasteiger charge is -2.36. The van der Waals surface area contributed by atoms with Crippen LogP contribution in [0.25, 0.3) is 0 Å². The molecule has 25 heavy (non-hydrogen) atoms. The van der Waals surface area contributed by atoms with Crippen LogP contribution in [0.2, 0.25) is 0 Å². The summed E-state index contributed by atoms with van der Waals surface area (Å²) in [6.07, 6.45) is 5.09. The maximum absolute atomic E-state index is 6.11. The van der Waals surface area contributed by atoms with E-state index in [-0.39, 0.29) is 30.1 Å². The summed E-state index contributed by atoms with van der Waals surface area (Å²) in [4.78, 5) is 6.91. The molecule has 2 unspecified atom stereocenters. The average Bonchev–Trinajstić information content (AvgIpc) is 2.64. The number of halogens is 1. The van der Waals surface area contributed by atoms with Crippen LogP contribution in [0.1, 0.15) is 44.3 Å². The van der Waals surface area contributed by atoms with E-state index in [4.69, 9.17) is 4.74 Å². The number of guanidine groups is 1. The number of rotatable bonds is 3. The Bertz CT molecular complexity index is 529. The zero-order chi connectivity index (χ0) is 16.8. The van der Waals surface area contributed by atoms with E-state index in [9.17, 15) is 0 Å². The fourth-order valence-corrected chi connectivity index (χ4v) is 3.84. The van der Waals surface area contributed by atoms with Crippen molar-refractivity contribution >= 4 is 29.9 Å². The van der Waals surface area contributed by atoms with Crippen LogP contribution < -0.4 is 5.32 Å². The van der Waals surface area contributed by atoms with E-state index in [2.05, 4.69) is 52.5 Å². The highest BCUT2D eigenvalue weighted by Crippen LogP contribution is 2.33. The lowest BCUT2D eigenvalue weighted by Crippen LogP contribution is -2.47.